The molecule has 2 atom stereocenters. The molecular formula is C27H31N. The number of aromatic nitrogens is 1. The molecule has 1 aliphatic carbocycles. The summed E-state index contributed by atoms with van der Waals surface area (Å²) < 4.78 is 0. The highest BCUT2D eigenvalue weighted by Crippen LogP contribution is 2.47. The Labute approximate surface area is 169 Å². The van der Waals surface area contributed by atoms with E-state index in [9.17, 15) is 0 Å². The molecule has 144 valence electrons. The number of benzene rings is 2. The number of nitrogens with zero attached hydrogens (tertiary/aromatic N) is 1. The van der Waals surface area contributed by atoms with E-state index >= 15 is 0 Å². The molecule has 1 heterocycles. The maximum atomic E-state index is 4.64. The van der Waals surface area contributed by atoms with Crippen LogP contribution in [-0.4, -0.2) is 4.98 Å². The fourth-order valence-corrected chi connectivity index (χ4v) is 4.44. The van der Waals surface area contributed by atoms with Crippen molar-refractivity contribution in [3.05, 3.63) is 101 Å². The van der Waals surface area contributed by atoms with E-state index in [1.54, 1.807) is 11.1 Å². The number of pyridine rings is 1. The van der Waals surface area contributed by atoms with Crippen molar-refractivity contribution < 1.29 is 0 Å². The molecule has 3 aromatic rings. The predicted molar refractivity (Wildman–Crippen MR) is 118 cm³/mol. The minimum absolute atomic E-state index is 0.534. The van der Waals surface area contributed by atoms with E-state index in [2.05, 4.69) is 79.5 Å². The van der Waals surface area contributed by atoms with Gasteiger partial charge in [0.2, 0.25) is 0 Å². The first-order chi connectivity index (χ1) is 13.8. The van der Waals surface area contributed by atoms with Crippen molar-refractivity contribution >= 4 is 0 Å². The van der Waals surface area contributed by atoms with Crippen molar-refractivity contribution in [1.82, 2.24) is 4.98 Å². The zero-order valence-electron chi connectivity index (χ0n) is 17.1. The van der Waals surface area contributed by atoms with Gasteiger partial charge >= 0.3 is 0 Å². The lowest BCUT2D eigenvalue weighted by Gasteiger charge is -2.27. The third-order valence-electron chi connectivity index (χ3n) is 6.34. The van der Waals surface area contributed by atoms with E-state index in [0.717, 1.165) is 18.8 Å². The number of hydrogen-bond donors (Lipinski definition) is 0. The SMILES string of the molecule is CCC(C)C(Cc1ccccn1)c1cccc(Cc2ccccc2)c1C1CC1. The normalized spacial score (nSPS) is 15.9. The summed E-state index contributed by atoms with van der Waals surface area (Å²) in [5, 5.41) is 0. The fraction of sp³-hybridized carbons (Fsp3) is 0.370. The standard InChI is InChI=1S/C27H31N/c1-3-20(2)26(19-24-13-7-8-17-28-24)25-14-9-12-23(27(25)22-15-16-22)18-21-10-5-4-6-11-21/h4-14,17,20,22,26H,3,15-16,18-19H2,1-2H3. The third-order valence-corrected chi connectivity index (χ3v) is 6.34. The minimum atomic E-state index is 0.534. The molecule has 28 heavy (non-hydrogen) atoms. The molecule has 0 bridgehead atoms. The molecule has 2 aromatic carbocycles. The van der Waals surface area contributed by atoms with Crippen LogP contribution in [0.1, 0.15) is 72.9 Å². The van der Waals surface area contributed by atoms with Gasteiger partial charge in [-0.15, -0.1) is 0 Å². The zero-order chi connectivity index (χ0) is 19.3. The van der Waals surface area contributed by atoms with Gasteiger partial charge in [-0.3, -0.25) is 4.98 Å². The van der Waals surface area contributed by atoms with Crippen LogP contribution < -0.4 is 0 Å². The zero-order valence-corrected chi connectivity index (χ0v) is 17.1. The second-order valence-corrected chi connectivity index (χ2v) is 8.37. The van der Waals surface area contributed by atoms with Crippen LogP contribution in [0.25, 0.3) is 0 Å². The van der Waals surface area contributed by atoms with Crippen LogP contribution in [0.5, 0.6) is 0 Å². The summed E-state index contributed by atoms with van der Waals surface area (Å²) in [6.45, 7) is 4.73. The smallest absolute Gasteiger partial charge is 0.0409 e. The first-order valence-corrected chi connectivity index (χ1v) is 10.8. The van der Waals surface area contributed by atoms with Crippen molar-refractivity contribution in [1.29, 1.82) is 0 Å². The summed E-state index contributed by atoms with van der Waals surface area (Å²) in [7, 11) is 0. The molecule has 1 nitrogen and oxygen atoms in total. The van der Waals surface area contributed by atoms with E-state index in [0.29, 0.717) is 11.8 Å². The molecule has 1 saturated carbocycles. The Hall–Kier alpha value is -2.41. The lowest BCUT2D eigenvalue weighted by molar-refractivity contribution is 0.437. The Balaban J connectivity index is 1.72. The van der Waals surface area contributed by atoms with Gasteiger partial charge in [-0.2, -0.15) is 0 Å². The van der Waals surface area contributed by atoms with Crippen LogP contribution in [0.15, 0.2) is 72.9 Å². The topological polar surface area (TPSA) is 12.9 Å². The molecule has 4 rings (SSSR count). The summed E-state index contributed by atoms with van der Waals surface area (Å²) in [6.07, 6.45) is 7.88. The van der Waals surface area contributed by atoms with Crippen LogP contribution in [0, 0.1) is 5.92 Å². The summed E-state index contributed by atoms with van der Waals surface area (Å²) in [5.74, 6) is 1.93. The first kappa shape index (κ1) is 18.9. The summed E-state index contributed by atoms with van der Waals surface area (Å²) >= 11 is 0. The van der Waals surface area contributed by atoms with Gasteiger partial charge < -0.3 is 0 Å². The van der Waals surface area contributed by atoms with Crippen molar-refractivity contribution in [2.75, 3.05) is 0 Å². The van der Waals surface area contributed by atoms with Gasteiger partial charge in [0.1, 0.15) is 0 Å². The lowest BCUT2D eigenvalue weighted by atomic mass is 9.77. The Morgan fingerprint density at radius 2 is 1.71 bits per heavy atom. The highest BCUT2D eigenvalue weighted by Gasteiger charge is 2.32. The molecule has 2 unspecified atom stereocenters. The van der Waals surface area contributed by atoms with E-state index in [-0.39, 0.29) is 0 Å². The molecule has 0 spiro atoms. The van der Waals surface area contributed by atoms with Crippen molar-refractivity contribution in [3.8, 4) is 0 Å². The molecular weight excluding hydrogens is 338 g/mol. The van der Waals surface area contributed by atoms with Crippen LogP contribution in [0.2, 0.25) is 0 Å². The Morgan fingerprint density at radius 1 is 0.929 bits per heavy atom. The molecule has 0 amide bonds. The predicted octanol–water partition coefficient (Wildman–Crippen LogP) is 6.92. The monoisotopic (exact) mass is 369 g/mol. The summed E-state index contributed by atoms with van der Waals surface area (Å²) in [4.78, 5) is 4.64. The van der Waals surface area contributed by atoms with Crippen molar-refractivity contribution in [2.45, 2.75) is 57.8 Å². The van der Waals surface area contributed by atoms with E-state index in [1.807, 2.05) is 12.3 Å². The van der Waals surface area contributed by atoms with Gasteiger partial charge in [-0.1, -0.05) is 74.9 Å². The number of hydrogen-bond acceptors (Lipinski definition) is 1. The largest absolute Gasteiger partial charge is 0.261 e. The van der Waals surface area contributed by atoms with Crippen LogP contribution in [0.4, 0.5) is 0 Å². The van der Waals surface area contributed by atoms with Gasteiger partial charge in [-0.25, -0.2) is 0 Å². The summed E-state index contributed by atoms with van der Waals surface area (Å²) in [6, 6.07) is 24.3. The van der Waals surface area contributed by atoms with Gasteiger partial charge in [0.05, 0.1) is 0 Å². The third kappa shape index (κ3) is 4.35. The highest BCUT2D eigenvalue weighted by atomic mass is 14.7. The molecule has 1 fully saturated rings. The average molecular weight is 370 g/mol. The van der Waals surface area contributed by atoms with Gasteiger partial charge in [0, 0.05) is 11.9 Å². The fourth-order valence-electron chi connectivity index (χ4n) is 4.44. The Bertz CT molecular complexity index is 881. The van der Waals surface area contributed by atoms with Gasteiger partial charge in [-0.05, 0) is 77.8 Å². The average Bonchev–Trinajstić information content (AvgIpc) is 3.58. The first-order valence-electron chi connectivity index (χ1n) is 10.8. The Kier molecular flexibility index (Phi) is 5.90. The second-order valence-electron chi connectivity index (χ2n) is 8.37. The highest BCUT2D eigenvalue weighted by molar-refractivity contribution is 5.45. The molecule has 0 radical (unpaired) electrons. The lowest BCUT2D eigenvalue weighted by Crippen LogP contribution is -2.16. The van der Waals surface area contributed by atoms with Crippen LogP contribution in [-0.2, 0) is 12.8 Å². The van der Waals surface area contributed by atoms with E-state index in [1.165, 1.54) is 36.1 Å². The van der Waals surface area contributed by atoms with Crippen LogP contribution in [0.3, 0.4) is 0 Å². The summed E-state index contributed by atoms with van der Waals surface area (Å²) in [5.41, 5.74) is 7.37. The maximum Gasteiger partial charge on any atom is 0.0409 e. The minimum Gasteiger partial charge on any atom is -0.261 e. The quantitative estimate of drug-likeness (QED) is 0.420. The second kappa shape index (κ2) is 8.73. The van der Waals surface area contributed by atoms with Gasteiger partial charge in [0.25, 0.3) is 0 Å². The molecule has 0 saturated heterocycles. The maximum absolute atomic E-state index is 4.64. The van der Waals surface area contributed by atoms with E-state index < -0.39 is 0 Å². The molecule has 1 aromatic heterocycles. The number of rotatable bonds is 8. The molecule has 0 N–H and O–H groups in total. The van der Waals surface area contributed by atoms with Crippen LogP contribution >= 0.6 is 0 Å². The van der Waals surface area contributed by atoms with Gasteiger partial charge in [0.15, 0.2) is 0 Å². The molecule has 0 aliphatic heterocycles. The van der Waals surface area contributed by atoms with E-state index in [4.69, 9.17) is 0 Å². The molecule has 1 heteroatoms. The van der Waals surface area contributed by atoms with Crippen molar-refractivity contribution in [2.24, 2.45) is 5.92 Å². The Morgan fingerprint density at radius 3 is 2.39 bits per heavy atom. The molecule has 1 aliphatic rings. The van der Waals surface area contributed by atoms with Crippen molar-refractivity contribution in [3.63, 3.8) is 0 Å².